The van der Waals surface area contributed by atoms with Gasteiger partial charge in [0.1, 0.15) is 6.61 Å². The van der Waals surface area contributed by atoms with Crippen molar-refractivity contribution in [3.05, 3.63) is 57.6 Å². The molecule has 2 amide bonds. The third kappa shape index (κ3) is 7.89. The quantitative estimate of drug-likeness (QED) is 0.482. The van der Waals surface area contributed by atoms with Gasteiger partial charge in [0.25, 0.3) is 5.91 Å². The Morgan fingerprint density at radius 3 is 2.41 bits per heavy atom. The molecule has 7 nitrogen and oxygen atoms in total. The molecule has 174 valence electrons. The normalized spacial score (nSPS) is 10.7. The van der Waals surface area contributed by atoms with Gasteiger partial charge in [-0.15, -0.1) is 0 Å². The zero-order valence-electron chi connectivity index (χ0n) is 18.5. The second-order valence-corrected chi connectivity index (χ2v) is 7.79. The average Bonchev–Trinajstić information content (AvgIpc) is 2.79. The molecule has 0 aliphatic carbocycles. The van der Waals surface area contributed by atoms with E-state index in [2.05, 4.69) is 29.4 Å². The molecule has 2 aromatic carbocycles. The second kappa shape index (κ2) is 13.2. The molecule has 0 saturated carbocycles. The van der Waals surface area contributed by atoms with Gasteiger partial charge < -0.3 is 25.0 Å². The molecule has 0 aromatic heterocycles. The predicted octanol–water partition coefficient (Wildman–Crippen LogP) is 3.77. The maximum Gasteiger partial charge on any atom is 0.253 e. The van der Waals surface area contributed by atoms with Crippen molar-refractivity contribution in [2.45, 2.75) is 20.4 Å². The lowest BCUT2D eigenvalue weighted by atomic mass is 10.2. The molecule has 2 aromatic rings. The summed E-state index contributed by atoms with van der Waals surface area (Å²) in [7, 11) is 1.58. The molecular weight excluding hydrogens is 453 g/mol. The van der Waals surface area contributed by atoms with Gasteiger partial charge in [-0.25, -0.2) is 0 Å². The summed E-state index contributed by atoms with van der Waals surface area (Å²) in [5.41, 5.74) is 1.10. The van der Waals surface area contributed by atoms with E-state index in [1.165, 1.54) is 12.1 Å². The molecule has 0 aliphatic heterocycles. The number of halogens is 2. The number of amides is 2. The first kappa shape index (κ1) is 25.8. The zero-order chi connectivity index (χ0) is 23.5. The van der Waals surface area contributed by atoms with Crippen molar-refractivity contribution in [1.29, 1.82) is 0 Å². The standard InChI is InChI=1S/C23H29Cl2N3O4/c1-4-28(5-2)10-11-32-20-9-6-16(12-21(20)31-3)14-26-22(29)15-27-23(30)18-8-7-17(24)13-19(18)25/h6-9,12-13H,4-5,10-11,14-15H2,1-3H3,(H,26,29)(H,27,30). The van der Waals surface area contributed by atoms with Crippen LogP contribution in [0.5, 0.6) is 11.5 Å². The number of carbonyl (C=O) groups excluding carboxylic acids is 2. The van der Waals surface area contributed by atoms with Crippen molar-refractivity contribution in [2.75, 3.05) is 39.9 Å². The van der Waals surface area contributed by atoms with Gasteiger partial charge in [-0.1, -0.05) is 43.1 Å². The predicted molar refractivity (Wildman–Crippen MR) is 127 cm³/mol. The Morgan fingerprint density at radius 1 is 1.00 bits per heavy atom. The molecule has 0 aliphatic rings. The van der Waals surface area contributed by atoms with Gasteiger partial charge >= 0.3 is 0 Å². The van der Waals surface area contributed by atoms with E-state index in [9.17, 15) is 9.59 Å². The number of rotatable bonds is 12. The van der Waals surface area contributed by atoms with Crippen LogP contribution in [0.1, 0.15) is 29.8 Å². The molecule has 9 heteroatoms. The van der Waals surface area contributed by atoms with Crippen LogP contribution in [-0.2, 0) is 11.3 Å². The Kier molecular flexibility index (Phi) is 10.6. The van der Waals surface area contributed by atoms with Crippen LogP contribution in [0.25, 0.3) is 0 Å². The average molecular weight is 482 g/mol. The first-order chi connectivity index (χ1) is 15.4. The summed E-state index contributed by atoms with van der Waals surface area (Å²) in [6, 6.07) is 10.1. The highest BCUT2D eigenvalue weighted by Gasteiger charge is 2.13. The lowest BCUT2D eigenvalue weighted by Crippen LogP contribution is -2.36. The second-order valence-electron chi connectivity index (χ2n) is 6.94. The first-order valence-electron chi connectivity index (χ1n) is 10.4. The number of hydrogen-bond acceptors (Lipinski definition) is 5. The van der Waals surface area contributed by atoms with Crippen LogP contribution in [0.2, 0.25) is 10.0 Å². The molecule has 0 radical (unpaired) electrons. The van der Waals surface area contributed by atoms with Crippen molar-refractivity contribution < 1.29 is 19.1 Å². The summed E-state index contributed by atoms with van der Waals surface area (Å²) in [6.45, 7) is 7.68. The Balaban J connectivity index is 1.83. The summed E-state index contributed by atoms with van der Waals surface area (Å²) in [5, 5.41) is 5.96. The van der Waals surface area contributed by atoms with E-state index >= 15 is 0 Å². The van der Waals surface area contributed by atoms with Crippen LogP contribution >= 0.6 is 23.2 Å². The molecule has 0 saturated heterocycles. The van der Waals surface area contributed by atoms with Gasteiger partial charge in [-0.2, -0.15) is 0 Å². The molecule has 0 heterocycles. The third-order valence-electron chi connectivity index (χ3n) is 4.86. The van der Waals surface area contributed by atoms with Gasteiger partial charge in [0, 0.05) is 18.1 Å². The fraction of sp³-hybridized carbons (Fsp3) is 0.391. The largest absolute Gasteiger partial charge is 0.493 e. The molecule has 0 spiro atoms. The molecule has 0 bridgehead atoms. The number of benzene rings is 2. The minimum atomic E-state index is -0.449. The SMILES string of the molecule is CCN(CC)CCOc1ccc(CNC(=O)CNC(=O)c2ccc(Cl)cc2Cl)cc1OC. The molecule has 2 N–H and O–H groups in total. The highest BCUT2D eigenvalue weighted by molar-refractivity contribution is 6.36. The van der Waals surface area contributed by atoms with Crippen molar-refractivity contribution in [3.63, 3.8) is 0 Å². The van der Waals surface area contributed by atoms with Gasteiger partial charge in [-0.05, 0) is 49.0 Å². The summed E-state index contributed by atoms with van der Waals surface area (Å²) >= 11 is 11.8. The Morgan fingerprint density at radius 2 is 1.75 bits per heavy atom. The molecule has 2 rings (SSSR count). The maximum atomic E-state index is 12.2. The van der Waals surface area contributed by atoms with E-state index in [1.54, 1.807) is 13.2 Å². The topological polar surface area (TPSA) is 79.9 Å². The number of methoxy groups -OCH3 is 1. The van der Waals surface area contributed by atoms with E-state index in [0.29, 0.717) is 23.1 Å². The van der Waals surface area contributed by atoms with Gasteiger partial charge in [0.05, 0.1) is 24.2 Å². The number of carbonyl (C=O) groups is 2. The van der Waals surface area contributed by atoms with E-state index in [-0.39, 0.29) is 29.6 Å². The van der Waals surface area contributed by atoms with Crippen molar-refractivity contribution >= 4 is 35.0 Å². The first-order valence-corrected chi connectivity index (χ1v) is 11.2. The van der Waals surface area contributed by atoms with Crippen LogP contribution in [-0.4, -0.2) is 56.6 Å². The Hall–Kier alpha value is -2.48. The van der Waals surface area contributed by atoms with Crippen LogP contribution in [0.4, 0.5) is 0 Å². The monoisotopic (exact) mass is 481 g/mol. The molecule has 0 atom stereocenters. The fourth-order valence-electron chi connectivity index (χ4n) is 2.96. The van der Waals surface area contributed by atoms with Crippen LogP contribution in [0.3, 0.4) is 0 Å². The maximum absolute atomic E-state index is 12.2. The summed E-state index contributed by atoms with van der Waals surface area (Å²) in [5.74, 6) is 0.473. The third-order valence-corrected chi connectivity index (χ3v) is 5.41. The molecule has 0 fully saturated rings. The summed E-state index contributed by atoms with van der Waals surface area (Å²) < 4.78 is 11.3. The number of likely N-dealkylation sites (N-methyl/N-ethyl adjacent to an activating group) is 1. The number of ether oxygens (including phenoxy) is 2. The fourth-order valence-corrected chi connectivity index (χ4v) is 3.45. The van der Waals surface area contributed by atoms with E-state index < -0.39 is 5.91 Å². The highest BCUT2D eigenvalue weighted by Crippen LogP contribution is 2.28. The van der Waals surface area contributed by atoms with Gasteiger partial charge in [0.2, 0.25) is 5.91 Å². The molecule has 0 unspecified atom stereocenters. The van der Waals surface area contributed by atoms with E-state index in [4.69, 9.17) is 32.7 Å². The van der Waals surface area contributed by atoms with Crippen molar-refractivity contribution in [3.8, 4) is 11.5 Å². The highest BCUT2D eigenvalue weighted by atomic mass is 35.5. The van der Waals surface area contributed by atoms with Gasteiger partial charge in [-0.3, -0.25) is 9.59 Å². The Labute approximate surface area is 199 Å². The van der Waals surface area contributed by atoms with Crippen molar-refractivity contribution in [1.82, 2.24) is 15.5 Å². The van der Waals surface area contributed by atoms with Crippen LogP contribution in [0.15, 0.2) is 36.4 Å². The summed E-state index contributed by atoms with van der Waals surface area (Å²) in [4.78, 5) is 26.6. The van der Waals surface area contributed by atoms with Crippen LogP contribution in [0, 0.1) is 0 Å². The van der Waals surface area contributed by atoms with E-state index in [1.807, 2.05) is 18.2 Å². The number of hydrogen-bond donors (Lipinski definition) is 2. The minimum absolute atomic E-state index is 0.179. The number of nitrogens with one attached hydrogen (secondary N) is 2. The molecular formula is C23H29Cl2N3O4. The van der Waals surface area contributed by atoms with Crippen molar-refractivity contribution in [2.24, 2.45) is 0 Å². The number of nitrogens with zero attached hydrogens (tertiary/aromatic N) is 1. The molecule has 32 heavy (non-hydrogen) atoms. The van der Waals surface area contributed by atoms with E-state index in [0.717, 1.165) is 25.2 Å². The van der Waals surface area contributed by atoms with Crippen LogP contribution < -0.4 is 20.1 Å². The zero-order valence-corrected chi connectivity index (χ0v) is 20.1. The lowest BCUT2D eigenvalue weighted by Gasteiger charge is -2.19. The lowest BCUT2D eigenvalue weighted by molar-refractivity contribution is -0.120. The smallest absolute Gasteiger partial charge is 0.253 e. The minimum Gasteiger partial charge on any atom is -0.493 e. The summed E-state index contributed by atoms with van der Waals surface area (Å²) in [6.07, 6.45) is 0. The van der Waals surface area contributed by atoms with Gasteiger partial charge in [0.15, 0.2) is 11.5 Å². The Bertz CT molecular complexity index is 920.